The first-order chi connectivity index (χ1) is 14.5. The summed E-state index contributed by atoms with van der Waals surface area (Å²) in [7, 11) is 0. The van der Waals surface area contributed by atoms with Gasteiger partial charge in [-0.05, 0) is 26.7 Å². The number of alkyl halides is 1. The second-order valence-electron chi connectivity index (χ2n) is 7.13. The van der Waals surface area contributed by atoms with Crippen LogP contribution in [0.3, 0.4) is 0 Å². The molecule has 4 heterocycles. The highest BCUT2D eigenvalue weighted by atomic mass is 19.1. The molecule has 1 aliphatic rings. The fourth-order valence-electron chi connectivity index (χ4n) is 3.08. The van der Waals surface area contributed by atoms with E-state index in [0.29, 0.717) is 49.5 Å². The van der Waals surface area contributed by atoms with Crippen molar-refractivity contribution in [2.75, 3.05) is 28.6 Å². The Hall–Kier alpha value is -3.44. The average Bonchev–Trinajstić information content (AvgIpc) is 3.13. The van der Waals surface area contributed by atoms with Crippen molar-refractivity contribution in [3.05, 3.63) is 35.8 Å². The van der Waals surface area contributed by atoms with Gasteiger partial charge in [0.1, 0.15) is 12.0 Å². The third-order valence-electron chi connectivity index (χ3n) is 4.65. The van der Waals surface area contributed by atoms with Gasteiger partial charge < -0.3 is 15.5 Å². The van der Waals surface area contributed by atoms with Gasteiger partial charge in [0, 0.05) is 24.8 Å². The van der Waals surface area contributed by atoms with Crippen LogP contribution in [-0.4, -0.2) is 54.4 Å². The summed E-state index contributed by atoms with van der Waals surface area (Å²) in [5, 5.41) is 13.1. The standard InChI is InChI=1S/C18H22F2N10/c1-10-7-14(29-28-10)24-17-25-16(23-11(2)15-21-8-13(20)9-22-15)26-18(27-17)30-5-3-12(19)4-6-30/h7-9,11-12H,3-6H2,1-2H3,(H3,23,24,25,26,27,28,29)/t11-/m0/s1. The molecule has 0 unspecified atom stereocenters. The van der Waals surface area contributed by atoms with E-state index in [4.69, 9.17) is 0 Å². The monoisotopic (exact) mass is 416 g/mol. The van der Waals surface area contributed by atoms with E-state index in [2.05, 4.69) is 45.8 Å². The van der Waals surface area contributed by atoms with Crippen LogP contribution in [0.1, 0.15) is 37.3 Å². The van der Waals surface area contributed by atoms with Gasteiger partial charge in [0.2, 0.25) is 17.8 Å². The molecule has 1 saturated heterocycles. The van der Waals surface area contributed by atoms with Gasteiger partial charge in [0.15, 0.2) is 11.6 Å². The summed E-state index contributed by atoms with van der Waals surface area (Å²) in [6, 6.07) is 1.44. The quantitative estimate of drug-likeness (QED) is 0.557. The molecule has 10 nitrogen and oxygen atoms in total. The minimum Gasteiger partial charge on any atom is -0.344 e. The fourth-order valence-corrected chi connectivity index (χ4v) is 3.08. The zero-order valence-electron chi connectivity index (χ0n) is 16.6. The summed E-state index contributed by atoms with van der Waals surface area (Å²) in [5.41, 5.74) is 0.886. The summed E-state index contributed by atoms with van der Waals surface area (Å²) in [6.45, 7) is 4.73. The molecule has 1 aliphatic heterocycles. The second-order valence-corrected chi connectivity index (χ2v) is 7.13. The number of nitrogens with zero attached hydrogens (tertiary/aromatic N) is 7. The second kappa shape index (κ2) is 8.51. The summed E-state index contributed by atoms with van der Waals surface area (Å²) in [5.74, 6) is 1.47. The number of H-pyrrole nitrogens is 1. The Labute approximate surface area is 171 Å². The lowest BCUT2D eigenvalue weighted by Gasteiger charge is -2.29. The SMILES string of the molecule is Cc1cc(Nc2nc(N[C@@H](C)c3ncc(F)cn3)nc(N3CCC(F)CC3)n2)n[nH]1. The molecule has 3 N–H and O–H groups in total. The molecule has 0 radical (unpaired) electrons. The molecule has 3 aromatic rings. The van der Waals surface area contributed by atoms with Crippen molar-refractivity contribution in [3.63, 3.8) is 0 Å². The molecule has 0 amide bonds. The third-order valence-corrected chi connectivity index (χ3v) is 4.65. The Morgan fingerprint density at radius 3 is 2.50 bits per heavy atom. The lowest BCUT2D eigenvalue weighted by atomic mass is 10.1. The molecule has 0 bridgehead atoms. The molecule has 4 rings (SSSR count). The molecule has 0 spiro atoms. The normalized spacial score (nSPS) is 15.8. The van der Waals surface area contributed by atoms with Crippen molar-refractivity contribution in [1.29, 1.82) is 0 Å². The van der Waals surface area contributed by atoms with E-state index in [0.717, 1.165) is 18.1 Å². The van der Waals surface area contributed by atoms with E-state index in [1.807, 2.05) is 24.8 Å². The van der Waals surface area contributed by atoms with E-state index >= 15 is 0 Å². The molecular weight excluding hydrogens is 394 g/mol. The first kappa shape index (κ1) is 19.9. The number of anilines is 4. The molecule has 3 aromatic heterocycles. The molecule has 1 atom stereocenters. The van der Waals surface area contributed by atoms with E-state index < -0.39 is 12.0 Å². The van der Waals surface area contributed by atoms with E-state index in [1.165, 1.54) is 0 Å². The van der Waals surface area contributed by atoms with Crippen LogP contribution in [0, 0.1) is 12.7 Å². The van der Waals surface area contributed by atoms with Crippen molar-refractivity contribution in [3.8, 4) is 0 Å². The highest BCUT2D eigenvalue weighted by Gasteiger charge is 2.22. The number of aromatic amines is 1. The number of hydrogen-bond donors (Lipinski definition) is 3. The Morgan fingerprint density at radius 1 is 1.13 bits per heavy atom. The largest absolute Gasteiger partial charge is 0.344 e. The number of piperidine rings is 1. The Bertz CT molecular complexity index is 985. The zero-order valence-corrected chi connectivity index (χ0v) is 16.6. The molecular formula is C18H22F2N10. The highest BCUT2D eigenvalue weighted by Crippen LogP contribution is 2.23. The molecule has 30 heavy (non-hydrogen) atoms. The van der Waals surface area contributed by atoms with Gasteiger partial charge in [-0.3, -0.25) is 5.10 Å². The third kappa shape index (κ3) is 4.75. The first-order valence-corrected chi connectivity index (χ1v) is 9.64. The Morgan fingerprint density at radius 2 is 1.83 bits per heavy atom. The predicted molar refractivity (Wildman–Crippen MR) is 107 cm³/mol. The molecule has 158 valence electrons. The van der Waals surface area contributed by atoms with Crippen LogP contribution in [0.4, 0.5) is 32.4 Å². The van der Waals surface area contributed by atoms with Gasteiger partial charge in [-0.15, -0.1) is 0 Å². The lowest BCUT2D eigenvalue weighted by molar-refractivity contribution is 0.276. The Kier molecular flexibility index (Phi) is 5.63. The molecule has 1 fully saturated rings. The van der Waals surface area contributed by atoms with Crippen LogP contribution in [0.15, 0.2) is 18.5 Å². The van der Waals surface area contributed by atoms with Crippen LogP contribution in [-0.2, 0) is 0 Å². The molecule has 0 aliphatic carbocycles. The van der Waals surface area contributed by atoms with Crippen LogP contribution >= 0.6 is 0 Å². The average molecular weight is 416 g/mol. The van der Waals surface area contributed by atoms with Crippen LogP contribution in [0.25, 0.3) is 0 Å². The minimum absolute atomic E-state index is 0.289. The number of hydrogen-bond acceptors (Lipinski definition) is 9. The smallest absolute Gasteiger partial charge is 0.235 e. The molecule has 12 heteroatoms. The molecule has 0 aromatic carbocycles. The lowest BCUT2D eigenvalue weighted by Crippen LogP contribution is -2.35. The van der Waals surface area contributed by atoms with E-state index in [-0.39, 0.29) is 12.0 Å². The van der Waals surface area contributed by atoms with Gasteiger partial charge in [-0.1, -0.05) is 0 Å². The van der Waals surface area contributed by atoms with Crippen LogP contribution in [0.2, 0.25) is 0 Å². The number of rotatable bonds is 6. The maximum Gasteiger partial charge on any atom is 0.235 e. The summed E-state index contributed by atoms with van der Waals surface area (Å²) in [4.78, 5) is 23.3. The zero-order chi connectivity index (χ0) is 21.1. The van der Waals surface area contributed by atoms with E-state index in [9.17, 15) is 8.78 Å². The topological polar surface area (TPSA) is 120 Å². The van der Waals surface area contributed by atoms with Gasteiger partial charge in [-0.25, -0.2) is 18.7 Å². The first-order valence-electron chi connectivity index (χ1n) is 9.64. The number of aryl methyl sites for hydroxylation is 1. The fraction of sp³-hybridized carbons (Fsp3) is 0.444. The number of halogens is 2. The van der Waals surface area contributed by atoms with Crippen molar-refractivity contribution in [1.82, 2.24) is 35.1 Å². The highest BCUT2D eigenvalue weighted by molar-refractivity contribution is 5.52. The minimum atomic E-state index is -0.805. The maximum atomic E-state index is 13.6. The van der Waals surface area contributed by atoms with Crippen LogP contribution in [0.5, 0.6) is 0 Å². The van der Waals surface area contributed by atoms with E-state index in [1.54, 1.807) is 0 Å². The van der Waals surface area contributed by atoms with Crippen molar-refractivity contribution < 1.29 is 8.78 Å². The summed E-state index contributed by atoms with van der Waals surface area (Å²) in [6.07, 6.45) is 2.26. The van der Waals surface area contributed by atoms with Crippen LogP contribution < -0.4 is 15.5 Å². The van der Waals surface area contributed by atoms with Gasteiger partial charge in [0.25, 0.3) is 0 Å². The molecule has 0 saturated carbocycles. The maximum absolute atomic E-state index is 13.6. The van der Waals surface area contributed by atoms with Crippen molar-refractivity contribution in [2.24, 2.45) is 0 Å². The van der Waals surface area contributed by atoms with Gasteiger partial charge in [-0.2, -0.15) is 20.1 Å². The van der Waals surface area contributed by atoms with Crippen molar-refractivity contribution >= 4 is 23.7 Å². The van der Waals surface area contributed by atoms with Gasteiger partial charge in [0.05, 0.1) is 18.4 Å². The summed E-state index contributed by atoms with van der Waals surface area (Å²) >= 11 is 0. The van der Waals surface area contributed by atoms with Gasteiger partial charge >= 0.3 is 0 Å². The van der Waals surface area contributed by atoms with Crippen molar-refractivity contribution in [2.45, 2.75) is 38.9 Å². The predicted octanol–water partition coefficient (Wildman–Crippen LogP) is 2.69. The number of aromatic nitrogens is 7. The Balaban J connectivity index is 1.59. The summed E-state index contributed by atoms with van der Waals surface area (Å²) < 4.78 is 26.6. The number of nitrogens with one attached hydrogen (secondary N) is 3.